The van der Waals surface area contributed by atoms with Gasteiger partial charge in [-0.05, 0) is 57.4 Å². The van der Waals surface area contributed by atoms with Crippen LogP contribution >= 0.6 is 15.9 Å². The van der Waals surface area contributed by atoms with E-state index in [1.807, 2.05) is 32.9 Å². The Labute approximate surface area is 130 Å². The van der Waals surface area contributed by atoms with Crippen LogP contribution in [0.25, 0.3) is 0 Å². The molecule has 0 heterocycles. The van der Waals surface area contributed by atoms with E-state index in [0.29, 0.717) is 0 Å². The minimum atomic E-state index is -0.257. The highest BCUT2D eigenvalue weighted by Gasteiger charge is 2.22. The number of amides is 1. The summed E-state index contributed by atoms with van der Waals surface area (Å²) in [7, 11) is 0. The van der Waals surface area contributed by atoms with Crippen molar-refractivity contribution in [3.8, 4) is 0 Å². The van der Waals surface area contributed by atoms with Crippen molar-refractivity contribution in [1.29, 1.82) is 0 Å². The summed E-state index contributed by atoms with van der Waals surface area (Å²) in [6.07, 6.45) is 1.83. The van der Waals surface area contributed by atoms with Gasteiger partial charge in [0, 0.05) is 15.7 Å². The maximum absolute atomic E-state index is 12.2. The van der Waals surface area contributed by atoms with E-state index in [4.69, 9.17) is 0 Å². The first-order chi connectivity index (χ1) is 9.29. The third-order valence-corrected chi connectivity index (χ3v) is 4.05. The Morgan fingerprint density at radius 1 is 1.35 bits per heavy atom. The number of nitrogens with one attached hydrogen (secondary N) is 2. The molecule has 0 aliphatic rings. The van der Waals surface area contributed by atoms with Crippen LogP contribution in [0.5, 0.6) is 0 Å². The van der Waals surface area contributed by atoms with Gasteiger partial charge in [-0.3, -0.25) is 4.79 Å². The Hall–Kier alpha value is -1.03. The summed E-state index contributed by atoms with van der Waals surface area (Å²) in [4.78, 5) is 12.2. The summed E-state index contributed by atoms with van der Waals surface area (Å²) in [6.45, 7) is 10.1. The first-order valence-corrected chi connectivity index (χ1v) is 7.95. The van der Waals surface area contributed by atoms with Crippen LogP contribution in [0.1, 0.15) is 46.6 Å². The van der Waals surface area contributed by atoms with E-state index in [2.05, 4.69) is 46.5 Å². The largest absolute Gasteiger partial charge is 0.374 e. The SMILES string of the molecule is CCc1cc(Br)ccc1NC(C)C(=O)NC(C)(C)CC. The van der Waals surface area contributed by atoms with Gasteiger partial charge in [0.1, 0.15) is 6.04 Å². The van der Waals surface area contributed by atoms with Crippen molar-refractivity contribution in [2.45, 2.75) is 59.0 Å². The second kappa shape index (κ2) is 7.11. The zero-order valence-electron chi connectivity index (χ0n) is 13.0. The van der Waals surface area contributed by atoms with E-state index in [1.165, 1.54) is 5.56 Å². The summed E-state index contributed by atoms with van der Waals surface area (Å²) in [5.74, 6) is 0.0295. The summed E-state index contributed by atoms with van der Waals surface area (Å²) < 4.78 is 1.06. The molecular weight excluding hydrogens is 316 g/mol. The Morgan fingerprint density at radius 3 is 2.55 bits per heavy atom. The van der Waals surface area contributed by atoms with Gasteiger partial charge in [0.25, 0.3) is 0 Å². The molecule has 2 N–H and O–H groups in total. The standard InChI is InChI=1S/C16H25BrN2O/c1-6-12-10-13(17)8-9-14(12)18-11(3)15(20)19-16(4,5)7-2/h8-11,18H,6-7H2,1-5H3,(H,19,20). The quantitative estimate of drug-likeness (QED) is 0.817. The van der Waals surface area contributed by atoms with Crippen molar-refractivity contribution in [2.24, 2.45) is 0 Å². The number of halogens is 1. The Bertz CT molecular complexity index is 472. The van der Waals surface area contributed by atoms with Crippen LogP contribution in [0.15, 0.2) is 22.7 Å². The number of rotatable bonds is 6. The molecule has 3 nitrogen and oxygen atoms in total. The Morgan fingerprint density at radius 2 is 2.00 bits per heavy atom. The first-order valence-electron chi connectivity index (χ1n) is 7.16. The summed E-state index contributed by atoms with van der Waals surface area (Å²) in [5.41, 5.74) is 2.06. The number of carbonyl (C=O) groups is 1. The zero-order valence-corrected chi connectivity index (χ0v) is 14.6. The van der Waals surface area contributed by atoms with Crippen molar-refractivity contribution in [3.05, 3.63) is 28.2 Å². The van der Waals surface area contributed by atoms with Crippen LogP contribution in [-0.4, -0.2) is 17.5 Å². The lowest BCUT2D eigenvalue weighted by Gasteiger charge is -2.27. The average molecular weight is 341 g/mol. The van der Waals surface area contributed by atoms with Gasteiger partial charge >= 0.3 is 0 Å². The molecule has 1 atom stereocenters. The summed E-state index contributed by atoms with van der Waals surface area (Å²) in [5, 5.41) is 6.37. The molecule has 1 aromatic rings. The fraction of sp³-hybridized carbons (Fsp3) is 0.562. The molecule has 0 aliphatic heterocycles. The van der Waals surface area contributed by atoms with Gasteiger partial charge in [-0.15, -0.1) is 0 Å². The molecule has 4 heteroatoms. The van der Waals surface area contributed by atoms with Crippen molar-refractivity contribution in [2.75, 3.05) is 5.32 Å². The second-order valence-corrected chi connectivity index (χ2v) is 6.66. The van der Waals surface area contributed by atoms with Crippen LogP contribution < -0.4 is 10.6 Å². The summed E-state index contributed by atoms with van der Waals surface area (Å²) >= 11 is 3.47. The molecule has 112 valence electrons. The molecule has 0 aliphatic carbocycles. The highest BCUT2D eigenvalue weighted by atomic mass is 79.9. The fourth-order valence-corrected chi connectivity index (χ4v) is 2.23. The molecule has 1 aromatic carbocycles. The molecule has 0 spiro atoms. The molecule has 1 amide bonds. The molecule has 1 rings (SSSR count). The number of carbonyl (C=O) groups excluding carboxylic acids is 1. The lowest BCUT2D eigenvalue weighted by molar-refractivity contribution is -0.123. The van der Waals surface area contributed by atoms with Crippen LogP contribution in [-0.2, 0) is 11.2 Å². The molecule has 0 bridgehead atoms. The van der Waals surface area contributed by atoms with Gasteiger partial charge in [-0.25, -0.2) is 0 Å². The van der Waals surface area contributed by atoms with Gasteiger partial charge in [0.05, 0.1) is 0 Å². The highest BCUT2D eigenvalue weighted by molar-refractivity contribution is 9.10. The van der Waals surface area contributed by atoms with Crippen molar-refractivity contribution < 1.29 is 4.79 Å². The molecule has 1 unspecified atom stereocenters. The molecule has 0 radical (unpaired) electrons. The van der Waals surface area contributed by atoms with Crippen molar-refractivity contribution >= 4 is 27.5 Å². The highest BCUT2D eigenvalue weighted by Crippen LogP contribution is 2.22. The van der Waals surface area contributed by atoms with Gasteiger partial charge in [0.15, 0.2) is 0 Å². The molecule has 20 heavy (non-hydrogen) atoms. The van der Waals surface area contributed by atoms with E-state index in [1.54, 1.807) is 0 Å². The molecular formula is C16H25BrN2O. The lowest BCUT2D eigenvalue weighted by atomic mass is 10.0. The summed E-state index contributed by atoms with van der Waals surface area (Å²) in [6, 6.07) is 5.83. The normalized spacial score (nSPS) is 12.9. The van der Waals surface area contributed by atoms with Crippen molar-refractivity contribution in [3.63, 3.8) is 0 Å². The predicted molar refractivity (Wildman–Crippen MR) is 89.1 cm³/mol. The topological polar surface area (TPSA) is 41.1 Å². The van der Waals surface area contributed by atoms with Crippen LogP contribution in [0.3, 0.4) is 0 Å². The molecule has 0 saturated heterocycles. The van der Waals surface area contributed by atoms with Gasteiger partial charge in [0.2, 0.25) is 5.91 Å². The lowest BCUT2D eigenvalue weighted by Crippen LogP contribution is -2.48. The molecule has 0 fully saturated rings. The van der Waals surface area contributed by atoms with E-state index in [-0.39, 0.29) is 17.5 Å². The number of aryl methyl sites for hydroxylation is 1. The van der Waals surface area contributed by atoms with Gasteiger partial charge < -0.3 is 10.6 Å². The zero-order chi connectivity index (χ0) is 15.3. The minimum absolute atomic E-state index is 0.0295. The van der Waals surface area contributed by atoms with E-state index in [9.17, 15) is 4.79 Å². The van der Waals surface area contributed by atoms with Gasteiger partial charge in [-0.1, -0.05) is 29.8 Å². The van der Waals surface area contributed by atoms with E-state index in [0.717, 1.165) is 23.0 Å². The first kappa shape index (κ1) is 17.0. The molecule has 0 aromatic heterocycles. The average Bonchev–Trinajstić information content (AvgIpc) is 2.40. The van der Waals surface area contributed by atoms with Gasteiger partial charge in [-0.2, -0.15) is 0 Å². The number of hydrogen-bond donors (Lipinski definition) is 2. The molecule has 0 saturated carbocycles. The number of anilines is 1. The maximum Gasteiger partial charge on any atom is 0.242 e. The number of benzene rings is 1. The monoisotopic (exact) mass is 340 g/mol. The Kier molecular flexibility index (Phi) is 6.06. The number of hydrogen-bond acceptors (Lipinski definition) is 2. The Balaban J connectivity index is 2.75. The maximum atomic E-state index is 12.2. The predicted octanol–water partition coefficient (Wildman–Crippen LogP) is 4.12. The third kappa shape index (κ3) is 4.82. The third-order valence-electron chi connectivity index (χ3n) is 3.56. The van der Waals surface area contributed by atoms with Crippen LogP contribution in [0.4, 0.5) is 5.69 Å². The fourth-order valence-electron chi connectivity index (χ4n) is 1.82. The van der Waals surface area contributed by atoms with Crippen LogP contribution in [0, 0.1) is 0 Å². The van der Waals surface area contributed by atoms with E-state index < -0.39 is 0 Å². The van der Waals surface area contributed by atoms with Crippen molar-refractivity contribution in [1.82, 2.24) is 5.32 Å². The van der Waals surface area contributed by atoms with Crippen LogP contribution in [0.2, 0.25) is 0 Å². The smallest absolute Gasteiger partial charge is 0.242 e. The second-order valence-electron chi connectivity index (χ2n) is 5.75. The van der Waals surface area contributed by atoms with E-state index >= 15 is 0 Å². The minimum Gasteiger partial charge on any atom is -0.374 e.